The highest BCUT2D eigenvalue weighted by atomic mass is 32.2. The van der Waals surface area contributed by atoms with Crippen molar-refractivity contribution in [2.75, 3.05) is 17.7 Å². The summed E-state index contributed by atoms with van der Waals surface area (Å²) < 4.78 is 0. The number of amides is 2. The minimum atomic E-state index is -0.403. The Morgan fingerprint density at radius 3 is 2.78 bits per heavy atom. The SMILES string of the molecule is CCC1C(=O)NCC(=O)N1c1ccccc1SC. The molecule has 1 aliphatic heterocycles. The maximum atomic E-state index is 12.1. The summed E-state index contributed by atoms with van der Waals surface area (Å²) in [4.78, 5) is 26.6. The van der Waals surface area contributed by atoms with Crippen molar-refractivity contribution >= 4 is 29.3 Å². The summed E-state index contributed by atoms with van der Waals surface area (Å²) in [7, 11) is 0. The molecule has 1 fully saturated rings. The number of carbonyl (C=O) groups is 2. The van der Waals surface area contributed by atoms with Gasteiger partial charge in [0.2, 0.25) is 11.8 Å². The van der Waals surface area contributed by atoms with Gasteiger partial charge in [-0.3, -0.25) is 14.5 Å². The molecule has 18 heavy (non-hydrogen) atoms. The van der Waals surface area contributed by atoms with Gasteiger partial charge in [-0.2, -0.15) is 0 Å². The average molecular weight is 264 g/mol. The highest BCUT2D eigenvalue weighted by Crippen LogP contribution is 2.31. The summed E-state index contributed by atoms with van der Waals surface area (Å²) in [6, 6.07) is 7.28. The fourth-order valence-corrected chi connectivity index (χ4v) is 2.75. The molecule has 5 heteroatoms. The molecule has 0 bridgehead atoms. The van der Waals surface area contributed by atoms with E-state index in [9.17, 15) is 9.59 Å². The van der Waals surface area contributed by atoms with Crippen LogP contribution < -0.4 is 10.2 Å². The number of nitrogens with one attached hydrogen (secondary N) is 1. The van der Waals surface area contributed by atoms with Crippen LogP contribution in [0.3, 0.4) is 0 Å². The monoisotopic (exact) mass is 264 g/mol. The second kappa shape index (κ2) is 5.44. The van der Waals surface area contributed by atoms with Crippen LogP contribution in [-0.4, -0.2) is 30.7 Å². The molecule has 1 aromatic carbocycles. The van der Waals surface area contributed by atoms with Crippen LogP contribution in [0.5, 0.6) is 0 Å². The molecule has 1 aromatic rings. The van der Waals surface area contributed by atoms with Crippen molar-refractivity contribution in [3.05, 3.63) is 24.3 Å². The molecule has 0 aliphatic carbocycles. The normalized spacial score (nSPS) is 19.9. The molecule has 2 rings (SSSR count). The summed E-state index contributed by atoms with van der Waals surface area (Å²) in [5.41, 5.74) is 0.830. The van der Waals surface area contributed by atoms with Gasteiger partial charge < -0.3 is 5.32 Å². The Bertz CT molecular complexity index is 476. The molecule has 0 aromatic heterocycles. The Balaban J connectivity index is 2.44. The molecule has 0 saturated carbocycles. The van der Waals surface area contributed by atoms with Gasteiger partial charge in [0.15, 0.2) is 0 Å². The lowest BCUT2D eigenvalue weighted by atomic mass is 10.1. The third kappa shape index (κ3) is 2.22. The lowest BCUT2D eigenvalue weighted by Crippen LogP contribution is -2.58. The third-order valence-electron chi connectivity index (χ3n) is 3.03. The van der Waals surface area contributed by atoms with Gasteiger partial charge in [-0.1, -0.05) is 19.1 Å². The van der Waals surface area contributed by atoms with Gasteiger partial charge >= 0.3 is 0 Å². The molecule has 0 radical (unpaired) electrons. The average Bonchev–Trinajstić information content (AvgIpc) is 2.41. The van der Waals surface area contributed by atoms with E-state index < -0.39 is 6.04 Å². The molecule has 1 atom stereocenters. The fourth-order valence-electron chi connectivity index (χ4n) is 2.16. The number of para-hydroxylation sites is 1. The van der Waals surface area contributed by atoms with Crippen molar-refractivity contribution < 1.29 is 9.59 Å². The maximum absolute atomic E-state index is 12.1. The van der Waals surface area contributed by atoms with Crippen LogP contribution in [-0.2, 0) is 9.59 Å². The molecule has 4 nitrogen and oxygen atoms in total. The van der Waals surface area contributed by atoms with Gasteiger partial charge in [0.1, 0.15) is 6.04 Å². The van der Waals surface area contributed by atoms with Gasteiger partial charge in [0, 0.05) is 4.90 Å². The lowest BCUT2D eigenvalue weighted by Gasteiger charge is -2.35. The van der Waals surface area contributed by atoms with E-state index in [0.29, 0.717) is 6.42 Å². The van der Waals surface area contributed by atoms with Crippen molar-refractivity contribution in [1.29, 1.82) is 0 Å². The van der Waals surface area contributed by atoms with Crippen molar-refractivity contribution in [1.82, 2.24) is 5.32 Å². The largest absolute Gasteiger partial charge is 0.345 e. The van der Waals surface area contributed by atoms with E-state index in [-0.39, 0.29) is 18.4 Å². The zero-order valence-electron chi connectivity index (χ0n) is 10.5. The number of hydrogen-bond donors (Lipinski definition) is 1. The second-order valence-corrected chi connectivity index (χ2v) is 4.93. The van der Waals surface area contributed by atoms with E-state index in [1.165, 1.54) is 0 Å². The predicted molar refractivity (Wildman–Crippen MR) is 72.8 cm³/mol. The first-order valence-electron chi connectivity index (χ1n) is 5.91. The summed E-state index contributed by atoms with van der Waals surface area (Å²) in [6.07, 6.45) is 2.58. The second-order valence-electron chi connectivity index (χ2n) is 4.08. The molecule has 1 aliphatic rings. The topological polar surface area (TPSA) is 49.4 Å². The molecule has 96 valence electrons. The zero-order chi connectivity index (χ0) is 13.1. The smallest absolute Gasteiger partial charge is 0.247 e. The van der Waals surface area contributed by atoms with Gasteiger partial charge in [-0.15, -0.1) is 11.8 Å². The Morgan fingerprint density at radius 2 is 2.11 bits per heavy atom. The van der Waals surface area contributed by atoms with E-state index >= 15 is 0 Å². The minimum absolute atomic E-state index is 0.0528. The molecule has 0 spiro atoms. The van der Waals surface area contributed by atoms with Crippen LogP contribution >= 0.6 is 11.8 Å². The van der Waals surface area contributed by atoms with Crippen LogP contribution in [0.2, 0.25) is 0 Å². The standard InChI is InChI=1S/C13H16N2O2S/c1-3-9-13(17)14-8-12(16)15(9)10-6-4-5-7-11(10)18-2/h4-7,9H,3,8H2,1-2H3,(H,14,17). The Morgan fingerprint density at radius 1 is 1.39 bits per heavy atom. The summed E-state index contributed by atoms with van der Waals surface area (Å²) in [6.45, 7) is 2.00. The van der Waals surface area contributed by atoms with E-state index in [1.54, 1.807) is 16.7 Å². The minimum Gasteiger partial charge on any atom is -0.345 e. The fraction of sp³-hybridized carbons (Fsp3) is 0.385. The highest BCUT2D eigenvalue weighted by Gasteiger charge is 2.34. The number of rotatable bonds is 3. The molecule has 1 saturated heterocycles. The Hall–Kier alpha value is -1.49. The van der Waals surface area contributed by atoms with Crippen LogP contribution in [0.4, 0.5) is 5.69 Å². The first kappa shape index (κ1) is 13.0. The molecular weight excluding hydrogens is 248 g/mol. The van der Waals surface area contributed by atoms with Crippen LogP contribution in [0, 0.1) is 0 Å². The number of carbonyl (C=O) groups excluding carboxylic acids is 2. The van der Waals surface area contributed by atoms with Crippen molar-refractivity contribution in [2.24, 2.45) is 0 Å². The first-order valence-corrected chi connectivity index (χ1v) is 7.14. The van der Waals surface area contributed by atoms with Crippen LogP contribution in [0.1, 0.15) is 13.3 Å². The molecule has 1 unspecified atom stereocenters. The van der Waals surface area contributed by atoms with Crippen molar-refractivity contribution in [3.8, 4) is 0 Å². The number of thioether (sulfide) groups is 1. The highest BCUT2D eigenvalue weighted by molar-refractivity contribution is 7.98. The number of piperazine rings is 1. The Kier molecular flexibility index (Phi) is 3.91. The summed E-state index contributed by atoms with van der Waals surface area (Å²) in [5.74, 6) is -0.129. The number of nitrogens with zero attached hydrogens (tertiary/aromatic N) is 1. The molecule has 1 N–H and O–H groups in total. The van der Waals surface area contributed by atoms with E-state index in [0.717, 1.165) is 10.6 Å². The lowest BCUT2D eigenvalue weighted by molar-refractivity contribution is -0.131. The molecule has 1 heterocycles. The summed E-state index contributed by atoms with van der Waals surface area (Å²) >= 11 is 1.58. The van der Waals surface area contributed by atoms with Gasteiger partial charge in [-0.25, -0.2) is 0 Å². The first-order chi connectivity index (χ1) is 8.69. The van der Waals surface area contributed by atoms with Crippen LogP contribution in [0.25, 0.3) is 0 Å². The Labute approximate surface area is 111 Å². The van der Waals surface area contributed by atoms with Gasteiger partial charge in [0.05, 0.1) is 12.2 Å². The van der Waals surface area contributed by atoms with E-state index in [2.05, 4.69) is 5.32 Å². The quantitative estimate of drug-likeness (QED) is 0.845. The number of anilines is 1. The third-order valence-corrected chi connectivity index (χ3v) is 3.81. The predicted octanol–water partition coefficient (Wildman–Crippen LogP) is 1.65. The van der Waals surface area contributed by atoms with Crippen molar-refractivity contribution in [2.45, 2.75) is 24.3 Å². The van der Waals surface area contributed by atoms with Crippen molar-refractivity contribution in [3.63, 3.8) is 0 Å². The number of benzene rings is 1. The number of hydrogen-bond acceptors (Lipinski definition) is 3. The maximum Gasteiger partial charge on any atom is 0.247 e. The van der Waals surface area contributed by atoms with Gasteiger partial charge in [-0.05, 0) is 24.8 Å². The molecule has 2 amide bonds. The van der Waals surface area contributed by atoms with Crippen LogP contribution in [0.15, 0.2) is 29.2 Å². The van der Waals surface area contributed by atoms with E-state index in [1.807, 2.05) is 37.4 Å². The molecular formula is C13H16N2O2S. The van der Waals surface area contributed by atoms with Gasteiger partial charge in [0.25, 0.3) is 0 Å². The van der Waals surface area contributed by atoms with E-state index in [4.69, 9.17) is 0 Å². The zero-order valence-corrected chi connectivity index (χ0v) is 11.3. The summed E-state index contributed by atoms with van der Waals surface area (Å²) in [5, 5.41) is 2.63.